The van der Waals surface area contributed by atoms with E-state index in [1.165, 1.54) is 16.4 Å². The van der Waals surface area contributed by atoms with E-state index in [1.807, 2.05) is 6.92 Å². The lowest BCUT2D eigenvalue weighted by atomic mass is 10.1. The van der Waals surface area contributed by atoms with Crippen molar-refractivity contribution in [3.05, 3.63) is 18.1 Å². The molecule has 0 unspecified atom stereocenters. The molecule has 2 heterocycles. The van der Waals surface area contributed by atoms with Crippen LogP contribution in [0, 0.1) is 12.8 Å². The van der Waals surface area contributed by atoms with Crippen molar-refractivity contribution in [3.8, 4) is 11.4 Å². The van der Waals surface area contributed by atoms with Crippen molar-refractivity contribution < 1.29 is 13.9 Å². The Hall–Kier alpha value is -2.00. The summed E-state index contributed by atoms with van der Waals surface area (Å²) in [7, 11) is 0. The minimum Gasteiger partial charge on any atom is -0.469 e. The van der Waals surface area contributed by atoms with Crippen LogP contribution >= 0.6 is 11.8 Å². The Labute approximate surface area is 151 Å². The van der Waals surface area contributed by atoms with Crippen molar-refractivity contribution in [2.45, 2.75) is 32.3 Å². The second-order valence-electron chi connectivity index (χ2n) is 6.00. The molecule has 0 aliphatic heterocycles. The lowest BCUT2D eigenvalue weighted by molar-refractivity contribution is -0.118. The summed E-state index contributed by atoms with van der Waals surface area (Å²) in [6.45, 7) is 7.85. The largest absolute Gasteiger partial charge is 0.469 e. The zero-order chi connectivity index (χ0) is 18.2. The highest BCUT2D eigenvalue weighted by Crippen LogP contribution is 2.24. The van der Waals surface area contributed by atoms with Gasteiger partial charge in [0.05, 0.1) is 24.2 Å². The molecule has 2 aromatic rings. The average molecular weight is 367 g/mol. The smallest absolute Gasteiger partial charge is 0.230 e. The van der Waals surface area contributed by atoms with Gasteiger partial charge in [0, 0.05) is 13.2 Å². The number of carbonyl (C=O) groups excluding carboxylic acids is 1. The van der Waals surface area contributed by atoms with Crippen molar-refractivity contribution in [1.82, 2.24) is 20.2 Å². The van der Waals surface area contributed by atoms with Gasteiger partial charge in [-0.05, 0) is 25.3 Å². The van der Waals surface area contributed by atoms with E-state index in [9.17, 15) is 4.79 Å². The highest BCUT2D eigenvalue weighted by molar-refractivity contribution is 7.99. The van der Waals surface area contributed by atoms with Crippen LogP contribution in [0.25, 0.3) is 11.4 Å². The van der Waals surface area contributed by atoms with Crippen molar-refractivity contribution >= 4 is 17.7 Å². The topological polar surface area (TPSA) is 108 Å². The summed E-state index contributed by atoms with van der Waals surface area (Å²) in [6, 6.07) is 1.78. The molecule has 0 saturated heterocycles. The normalized spacial score (nSPS) is 11.2. The van der Waals surface area contributed by atoms with Crippen molar-refractivity contribution in [1.29, 1.82) is 0 Å². The van der Waals surface area contributed by atoms with E-state index < -0.39 is 0 Å². The lowest BCUT2D eigenvalue weighted by Gasteiger charge is -2.07. The summed E-state index contributed by atoms with van der Waals surface area (Å²) in [5, 5.41) is 11.4. The molecule has 0 fully saturated rings. The van der Waals surface area contributed by atoms with E-state index in [0.29, 0.717) is 35.8 Å². The Morgan fingerprint density at radius 2 is 2.24 bits per heavy atom. The highest BCUT2D eigenvalue weighted by atomic mass is 32.2. The molecular weight excluding hydrogens is 342 g/mol. The highest BCUT2D eigenvalue weighted by Gasteiger charge is 2.16. The number of furan rings is 1. The Bertz CT molecular complexity index is 683. The predicted molar refractivity (Wildman–Crippen MR) is 96.6 cm³/mol. The monoisotopic (exact) mass is 367 g/mol. The van der Waals surface area contributed by atoms with Gasteiger partial charge in [0.25, 0.3) is 0 Å². The summed E-state index contributed by atoms with van der Waals surface area (Å²) in [5.41, 5.74) is 0.782. The quantitative estimate of drug-likeness (QED) is 0.375. The van der Waals surface area contributed by atoms with Crippen LogP contribution in [0.4, 0.5) is 0 Å². The van der Waals surface area contributed by atoms with Crippen LogP contribution in [0.1, 0.15) is 26.0 Å². The predicted octanol–water partition coefficient (Wildman–Crippen LogP) is 1.83. The van der Waals surface area contributed by atoms with Crippen LogP contribution in [0.15, 0.2) is 21.9 Å². The number of thioether (sulfide) groups is 1. The number of aryl methyl sites for hydroxylation is 1. The molecule has 25 heavy (non-hydrogen) atoms. The summed E-state index contributed by atoms with van der Waals surface area (Å²) < 4.78 is 12.1. The summed E-state index contributed by atoms with van der Waals surface area (Å²) >= 11 is 1.23. The number of amides is 1. The first-order chi connectivity index (χ1) is 12.0. The number of nitrogens with zero attached hydrogens (tertiary/aromatic N) is 3. The van der Waals surface area contributed by atoms with E-state index in [1.54, 1.807) is 12.3 Å². The summed E-state index contributed by atoms with van der Waals surface area (Å²) in [6.07, 6.45) is 2.59. The van der Waals surface area contributed by atoms with E-state index in [4.69, 9.17) is 15.0 Å². The van der Waals surface area contributed by atoms with Crippen LogP contribution in [-0.2, 0) is 9.53 Å². The third kappa shape index (κ3) is 5.79. The lowest BCUT2D eigenvalue weighted by Crippen LogP contribution is -2.29. The van der Waals surface area contributed by atoms with Gasteiger partial charge >= 0.3 is 0 Å². The van der Waals surface area contributed by atoms with Crippen LogP contribution in [0.2, 0.25) is 0 Å². The van der Waals surface area contributed by atoms with Crippen LogP contribution in [-0.4, -0.2) is 46.3 Å². The number of nitrogens with two attached hydrogens (primary N) is 1. The Balaban J connectivity index is 1.72. The minimum atomic E-state index is -0.0958. The van der Waals surface area contributed by atoms with Crippen LogP contribution < -0.4 is 11.2 Å². The Morgan fingerprint density at radius 3 is 2.92 bits per heavy atom. The molecule has 138 valence electrons. The molecule has 0 bridgehead atoms. The van der Waals surface area contributed by atoms with Crippen molar-refractivity contribution in [3.63, 3.8) is 0 Å². The van der Waals surface area contributed by atoms with Gasteiger partial charge < -0.3 is 20.3 Å². The summed E-state index contributed by atoms with van der Waals surface area (Å²) in [5.74, 6) is 7.97. The molecule has 0 aromatic carbocycles. The van der Waals surface area contributed by atoms with Gasteiger partial charge in [-0.2, -0.15) is 0 Å². The second kappa shape index (κ2) is 9.47. The first kappa shape index (κ1) is 19.3. The fourth-order valence-electron chi connectivity index (χ4n) is 2.04. The number of ether oxygens (including phenoxy) is 1. The molecular formula is C16H25N5O3S. The van der Waals surface area contributed by atoms with Crippen molar-refractivity contribution in [2.24, 2.45) is 5.92 Å². The number of hydrogen-bond donors (Lipinski definition) is 2. The zero-order valence-corrected chi connectivity index (χ0v) is 15.6. The molecule has 0 saturated carbocycles. The number of rotatable bonds is 10. The van der Waals surface area contributed by atoms with E-state index in [0.717, 1.165) is 18.6 Å². The molecule has 8 nitrogen and oxygen atoms in total. The van der Waals surface area contributed by atoms with Gasteiger partial charge in [-0.15, -0.1) is 10.2 Å². The maximum Gasteiger partial charge on any atom is 0.230 e. The van der Waals surface area contributed by atoms with E-state index in [2.05, 4.69) is 29.4 Å². The molecule has 1 amide bonds. The molecule has 0 atom stereocenters. The number of hydrogen-bond acceptors (Lipinski definition) is 7. The Kier molecular flexibility index (Phi) is 7.32. The standard InChI is InChI=1S/C16H25N5O3S/c1-11(2)4-7-23-9-6-18-14(22)10-25-16-20-19-15(21(16)17)13-5-8-24-12(13)3/h5,8,11H,4,6-7,9-10,17H2,1-3H3,(H,18,22). The number of nitrogens with one attached hydrogen (secondary N) is 1. The molecule has 0 spiro atoms. The third-order valence-electron chi connectivity index (χ3n) is 3.50. The fraction of sp³-hybridized carbons (Fsp3) is 0.562. The van der Waals surface area contributed by atoms with E-state index >= 15 is 0 Å². The van der Waals surface area contributed by atoms with Gasteiger partial charge in [0.15, 0.2) is 5.82 Å². The second-order valence-corrected chi connectivity index (χ2v) is 6.94. The maximum absolute atomic E-state index is 11.9. The van der Waals surface area contributed by atoms with Gasteiger partial charge in [-0.3, -0.25) is 4.79 Å². The van der Waals surface area contributed by atoms with Gasteiger partial charge in [0.1, 0.15) is 5.76 Å². The molecule has 0 aliphatic carbocycles. The molecule has 2 rings (SSSR count). The molecule has 0 aliphatic rings. The number of aromatic nitrogens is 3. The molecule has 2 aromatic heterocycles. The van der Waals surface area contributed by atoms with Gasteiger partial charge in [-0.1, -0.05) is 25.6 Å². The number of carbonyl (C=O) groups is 1. The molecule has 0 radical (unpaired) electrons. The van der Waals surface area contributed by atoms with Crippen LogP contribution in [0.3, 0.4) is 0 Å². The zero-order valence-electron chi connectivity index (χ0n) is 14.8. The van der Waals surface area contributed by atoms with Crippen molar-refractivity contribution in [2.75, 3.05) is 31.4 Å². The fourth-order valence-corrected chi connectivity index (χ4v) is 2.73. The molecule has 9 heteroatoms. The minimum absolute atomic E-state index is 0.0958. The first-order valence-corrected chi connectivity index (χ1v) is 9.19. The van der Waals surface area contributed by atoms with Gasteiger partial charge in [-0.25, -0.2) is 4.68 Å². The van der Waals surface area contributed by atoms with Crippen LogP contribution in [0.5, 0.6) is 0 Å². The number of nitrogen functional groups attached to an aromatic ring is 1. The Morgan fingerprint density at radius 1 is 1.44 bits per heavy atom. The first-order valence-electron chi connectivity index (χ1n) is 8.21. The van der Waals surface area contributed by atoms with E-state index in [-0.39, 0.29) is 11.7 Å². The third-order valence-corrected chi connectivity index (χ3v) is 4.45. The summed E-state index contributed by atoms with van der Waals surface area (Å²) in [4.78, 5) is 11.9. The maximum atomic E-state index is 11.9. The molecule has 3 N–H and O–H groups in total. The average Bonchev–Trinajstić information content (AvgIpc) is 3.14. The SMILES string of the molecule is Cc1occc1-c1nnc(SCC(=O)NCCOCCC(C)C)n1N. The van der Waals surface area contributed by atoms with Gasteiger partial charge in [0.2, 0.25) is 11.1 Å².